The van der Waals surface area contributed by atoms with Crippen molar-refractivity contribution in [1.29, 1.82) is 0 Å². The van der Waals surface area contributed by atoms with Gasteiger partial charge in [0.25, 0.3) is 5.91 Å². The number of rotatable bonds is 3. The molecule has 0 bridgehead atoms. The second-order valence-electron chi connectivity index (χ2n) is 6.55. The molecule has 0 radical (unpaired) electrons. The van der Waals surface area contributed by atoms with Crippen LogP contribution in [0.3, 0.4) is 0 Å². The van der Waals surface area contributed by atoms with E-state index < -0.39 is 28.0 Å². The summed E-state index contributed by atoms with van der Waals surface area (Å²) < 4.78 is 47.1. The van der Waals surface area contributed by atoms with Crippen molar-refractivity contribution >= 4 is 40.9 Å². The number of amides is 1. The Hall–Kier alpha value is -2.30. The standard InChI is InChI=1S/C18H15F3N4O2S.ClH/c19-10-1-4-14(23-6-10)15(26)25-11-2-3-13(20)12(5-11)18-9-27-8-17(18,21)7-24-16(22)28-18;/h1-6H,7-9H2,(H2,22,24)(H,25,26);1H/t17-,18-;/m1./s1. The van der Waals surface area contributed by atoms with Gasteiger partial charge in [0.1, 0.15) is 22.1 Å². The summed E-state index contributed by atoms with van der Waals surface area (Å²) in [4.78, 5) is 19.9. The molecule has 1 aromatic heterocycles. The molecule has 4 rings (SSSR count). The van der Waals surface area contributed by atoms with Gasteiger partial charge in [-0.1, -0.05) is 11.8 Å². The second kappa shape index (κ2) is 7.85. The van der Waals surface area contributed by atoms with Crippen molar-refractivity contribution in [2.45, 2.75) is 10.4 Å². The molecule has 6 nitrogen and oxygen atoms in total. The van der Waals surface area contributed by atoms with Gasteiger partial charge in [0.15, 0.2) is 10.8 Å². The summed E-state index contributed by atoms with van der Waals surface area (Å²) in [5.41, 5.74) is 4.11. The molecule has 0 aliphatic carbocycles. The molecule has 0 spiro atoms. The lowest BCUT2D eigenvalue weighted by molar-refractivity contribution is 0.102. The molecule has 3 N–H and O–H groups in total. The molecule has 2 atom stereocenters. The number of pyridine rings is 1. The third kappa shape index (κ3) is 3.67. The van der Waals surface area contributed by atoms with E-state index >= 15 is 4.39 Å². The van der Waals surface area contributed by atoms with Crippen molar-refractivity contribution in [1.82, 2.24) is 4.98 Å². The lowest BCUT2D eigenvalue weighted by Gasteiger charge is -2.40. The van der Waals surface area contributed by atoms with Crippen molar-refractivity contribution in [2.75, 3.05) is 25.1 Å². The van der Waals surface area contributed by atoms with Gasteiger partial charge in [-0.2, -0.15) is 0 Å². The van der Waals surface area contributed by atoms with E-state index in [1.807, 2.05) is 0 Å². The molecule has 1 saturated heterocycles. The van der Waals surface area contributed by atoms with Crippen LogP contribution in [0.2, 0.25) is 0 Å². The van der Waals surface area contributed by atoms with E-state index in [1.54, 1.807) is 0 Å². The highest BCUT2D eigenvalue weighted by molar-refractivity contribution is 8.14. The van der Waals surface area contributed by atoms with Gasteiger partial charge in [0, 0.05) is 11.3 Å². The highest BCUT2D eigenvalue weighted by atomic mass is 35.5. The number of nitrogens with two attached hydrogens (primary N) is 1. The van der Waals surface area contributed by atoms with Crippen molar-refractivity contribution in [2.24, 2.45) is 10.7 Å². The third-order valence-electron chi connectivity index (χ3n) is 4.74. The molecular weight excluding hydrogens is 429 g/mol. The van der Waals surface area contributed by atoms with Gasteiger partial charge < -0.3 is 15.8 Å². The van der Waals surface area contributed by atoms with Crippen LogP contribution in [0.1, 0.15) is 16.1 Å². The summed E-state index contributed by atoms with van der Waals surface area (Å²) >= 11 is 0.917. The van der Waals surface area contributed by atoms with E-state index in [9.17, 15) is 13.6 Å². The number of nitrogens with one attached hydrogen (secondary N) is 1. The molecule has 0 saturated carbocycles. The first-order valence-electron chi connectivity index (χ1n) is 8.32. The normalized spacial score (nSPS) is 25.6. The van der Waals surface area contributed by atoms with Crippen LogP contribution < -0.4 is 11.1 Å². The number of thioether (sulfide) groups is 1. The fourth-order valence-electron chi connectivity index (χ4n) is 3.30. The lowest BCUT2D eigenvalue weighted by Crippen LogP contribution is -2.52. The van der Waals surface area contributed by atoms with Crippen molar-refractivity contribution in [3.63, 3.8) is 0 Å². The smallest absolute Gasteiger partial charge is 0.274 e. The van der Waals surface area contributed by atoms with Crippen LogP contribution in [-0.4, -0.2) is 41.5 Å². The number of alkyl halides is 1. The van der Waals surface area contributed by atoms with Crippen LogP contribution in [-0.2, 0) is 9.48 Å². The number of benzene rings is 1. The monoisotopic (exact) mass is 444 g/mol. The summed E-state index contributed by atoms with van der Waals surface area (Å²) in [7, 11) is 0. The number of carbonyl (C=O) groups excluding carboxylic acids is 1. The van der Waals surface area contributed by atoms with Crippen LogP contribution >= 0.6 is 24.2 Å². The van der Waals surface area contributed by atoms with Crippen molar-refractivity contribution in [3.8, 4) is 0 Å². The van der Waals surface area contributed by atoms with E-state index in [0.29, 0.717) is 0 Å². The quantitative estimate of drug-likeness (QED) is 0.759. The van der Waals surface area contributed by atoms with E-state index in [4.69, 9.17) is 10.5 Å². The number of nitrogens with zero attached hydrogens (tertiary/aromatic N) is 2. The number of fused-ring (bicyclic) bond motifs is 1. The van der Waals surface area contributed by atoms with E-state index in [2.05, 4.69) is 15.3 Å². The Morgan fingerprint density at radius 1 is 1.24 bits per heavy atom. The summed E-state index contributed by atoms with van der Waals surface area (Å²) in [6, 6.07) is 6.16. The zero-order valence-electron chi connectivity index (χ0n) is 14.8. The van der Waals surface area contributed by atoms with Crippen molar-refractivity contribution in [3.05, 3.63) is 59.4 Å². The number of halogens is 4. The number of amidine groups is 1. The number of hydrogen-bond donors (Lipinski definition) is 2. The van der Waals surface area contributed by atoms with Gasteiger partial charge in [0.2, 0.25) is 0 Å². The first kappa shape index (κ1) is 21.4. The summed E-state index contributed by atoms with van der Waals surface area (Å²) in [5, 5.41) is 2.70. The minimum absolute atomic E-state index is 0. The van der Waals surface area contributed by atoms with Crippen LogP contribution in [0.4, 0.5) is 18.9 Å². The molecule has 154 valence electrons. The second-order valence-corrected chi connectivity index (χ2v) is 7.87. The molecule has 2 aliphatic heterocycles. The molecule has 2 aliphatic rings. The Morgan fingerprint density at radius 2 is 2.03 bits per heavy atom. The molecule has 1 aromatic carbocycles. The number of ether oxygens (including phenoxy) is 1. The zero-order chi connectivity index (χ0) is 19.9. The summed E-state index contributed by atoms with van der Waals surface area (Å²) in [6.45, 7) is -0.550. The summed E-state index contributed by atoms with van der Waals surface area (Å²) in [6.07, 6.45) is 0.915. The minimum atomic E-state index is -1.93. The Balaban J connectivity index is 0.00000240. The van der Waals surface area contributed by atoms with E-state index in [0.717, 1.165) is 30.1 Å². The SMILES string of the molecule is Cl.NC1=NC[C@@]2(F)COC[C@]2(c2cc(NC(=O)c3ccc(F)cn3)ccc2F)S1. The lowest BCUT2D eigenvalue weighted by atomic mass is 9.84. The maximum atomic E-state index is 15.5. The van der Waals surface area contributed by atoms with Gasteiger partial charge in [-0.15, -0.1) is 12.4 Å². The number of aliphatic imine (C=N–C) groups is 1. The fraction of sp³-hybridized carbons (Fsp3) is 0.278. The first-order chi connectivity index (χ1) is 13.3. The predicted molar refractivity (Wildman–Crippen MR) is 106 cm³/mol. The Morgan fingerprint density at radius 3 is 2.76 bits per heavy atom. The van der Waals surface area contributed by atoms with Crippen molar-refractivity contribution < 1.29 is 22.7 Å². The number of anilines is 1. The molecule has 0 unspecified atom stereocenters. The molecular formula is C18H16ClF3N4O2S. The van der Waals surface area contributed by atoms with Crippen LogP contribution in [0.25, 0.3) is 0 Å². The van der Waals surface area contributed by atoms with Gasteiger partial charge in [-0.3, -0.25) is 9.79 Å². The number of carbonyl (C=O) groups is 1. The number of hydrogen-bond acceptors (Lipinski definition) is 6. The van der Waals surface area contributed by atoms with Gasteiger partial charge in [-0.25, -0.2) is 18.2 Å². The molecule has 1 amide bonds. The topological polar surface area (TPSA) is 89.6 Å². The van der Waals surface area contributed by atoms with Gasteiger partial charge in [0.05, 0.1) is 26.0 Å². The van der Waals surface area contributed by atoms with Crippen LogP contribution in [0.15, 0.2) is 41.5 Å². The zero-order valence-corrected chi connectivity index (χ0v) is 16.5. The maximum Gasteiger partial charge on any atom is 0.274 e. The summed E-state index contributed by atoms with van der Waals surface area (Å²) in [5.74, 6) is -1.83. The predicted octanol–water partition coefficient (Wildman–Crippen LogP) is 3.03. The maximum absolute atomic E-state index is 15.5. The molecule has 1 fully saturated rings. The molecule has 11 heteroatoms. The average molecular weight is 445 g/mol. The van der Waals surface area contributed by atoms with Crippen LogP contribution in [0, 0.1) is 11.6 Å². The molecule has 29 heavy (non-hydrogen) atoms. The Labute approximate surface area is 174 Å². The van der Waals surface area contributed by atoms with E-state index in [-0.39, 0.29) is 54.3 Å². The van der Waals surface area contributed by atoms with E-state index in [1.165, 1.54) is 18.2 Å². The Kier molecular flexibility index (Phi) is 5.79. The van der Waals surface area contributed by atoms with Gasteiger partial charge in [-0.05, 0) is 30.3 Å². The largest absolute Gasteiger partial charge is 0.379 e. The fourth-order valence-corrected chi connectivity index (χ4v) is 4.50. The minimum Gasteiger partial charge on any atom is -0.379 e. The number of aromatic nitrogens is 1. The average Bonchev–Trinajstić information content (AvgIpc) is 3.01. The highest BCUT2D eigenvalue weighted by Crippen LogP contribution is 2.54. The van der Waals surface area contributed by atoms with Gasteiger partial charge >= 0.3 is 0 Å². The molecule has 3 heterocycles. The highest BCUT2D eigenvalue weighted by Gasteiger charge is 2.62. The molecule has 2 aromatic rings. The van der Waals surface area contributed by atoms with Crippen LogP contribution in [0.5, 0.6) is 0 Å². The Bertz CT molecular complexity index is 978. The first-order valence-corrected chi connectivity index (χ1v) is 9.13. The third-order valence-corrected chi connectivity index (χ3v) is 6.13.